The molecule has 1 aromatic carbocycles. The van der Waals surface area contributed by atoms with Crippen LogP contribution in [0.4, 0.5) is 5.69 Å². The zero-order chi connectivity index (χ0) is 19.9. The van der Waals surface area contributed by atoms with Gasteiger partial charge in [-0.1, -0.05) is 17.7 Å². The van der Waals surface area contributed by atoms with Crippen LogP contribution in [0.15, 0.2) is 48.8 Å². The highest BCUT2D eigenvalue weighted by Crippen LogP contribution is 2.22. The first-order chi connectivity index (χ1) is 13.6. The molecule has 3 rings (SSSR count). The number of piperidine rings is 1. The zero-order valence-electron chi connectivity index (χ0n) is 16.5. The van der Waals surface area contributed by atoms with Gasteiger partial charge in [0.25, 0.3) is 0 Å². The molecule has 1 aromatic heterocycles. The lowest BCUT2D eigenvalue weighted by atomic mass is 9.88. The van der Waals surface area contributed by atoms with E-state index in [4.69, 9.17) is 0 Å². The van der Waals surface area contributed by atoms with Crippen LogP contribution < -0.4 is 10.6 Å². The van der Waals surface area contributed by atoms with Gasteiger partial charge in [-0.3, -0.25) is 14.6 Å². The zero-order valence-corrected chi connectivity index (χ0v) is 16.5. The molecular formula is C22H28N4O2. The summed E-state index contributed by atoms with van der Waals surface area (Å²) in [6, 6.07) is 11.6. The Morgan fingerprint density at radius 3 is 2.46 bits per heavy atom. The lowest BCUT2D eigenvalue weighted by Gasteiger charge is -2.32. The Kier molecular flexibility index (Phi) is 6.76. The van der Waals surface area contributed by atoms with Crippen molar-refractivity contribution in [2.75, 3.05) is 25.0 Å². The van der Waals surface area contributed by atoms with Gasteiger partial charge >= 0.3 is 0 Å². The Bertz CT molecular complexity index is 792. The summed E-state index contributed by atoms with van der Waals surface area (Å²) in [5.74, 6) is -0.348. The summed E-state index contributed by atoms with van der Waals surface area (Å²) in [5, 5.41) is 6.24. The van der Waals surface area contributed by atoms with Crippen LogP contribution in [-0.4, -0.2) is 41.3 Å². The van der Waals surface area contributed by atoms with Gasteiger partial charge in [-0.25, -0.2) is 0 Å². The van der Waals surface area contributed by atoms with Crippen LogP contribution in [0, 0.1) is 18.8 Å². The second-order valence-electron chi connectivity index (χ2n) is 7.35. The monoisotopic (exact) mass is 380 g/mol. The molecule has 148 valence electrons. The van der Waals surface area contributed by atoms with Crippen molar-refractivity contribution in [3.63, 3.8) is 0 Å². The van der Waals surface area contributed by atoms with Gasteiger partial charge in [0.2, 0.25) is 11.8 Å². The first kappa shape index (κ1) is 20.0. The van der Waals surface area contributed by atoms with Crippen molar-refractivity contribution in [1.82, 2.24) is 15.2 Å². The Hall–Kier alpha value is -2.73. The summed E-state index contributed by atoms with van der Waals surface area (Å²) in [4.78, 5) is 31.6. The number of rotatable bonds is 6. The normalized spacial score (nSPS) is 19.1. The molecule has 1 aliphatic rings. The van der Waals surface area contributed by atoms with Crippen molar-refractivity contribution >= 4 is 17.5 Å². The van der Waals surface area contributed by atoms with Crippen LogP contribution in [0.25, 0.3) is 0 Å². The summed E-state index contributed by atoms with van der Waals surface area (Å²) < 4.78 is 0. The summed E-state index contributed by atoms with van der Waals surface area (Å²) in [7, 11) is 0. The third-order valence-corrected chi connectivity index (χ3v) is 5.21. The minimum Gasteiger partial charge on any atom is -0.338 e. The molecule has 0 aliphatic carbocycles. The number of nitrogens with one attached hydrogen (secondary N) is 2. The molecule has 1 saturated heterocycles. The second-order valence-corrected chi connectivity index (χ2v) is 7.35. The Balaban J connectivity index is 1.60. The highest BCUT2D eigenvalue weighted by Gasteiger charge is 2.33. The summed E-state index contributed by atoms with van der Waals surface area (Å²) in [5.41, 5.74) is 3.00. The van der Waals surface area contributed by atoms with Crippen LogP contribution in [0.5, 0.6) is 0 Å². The number of hydrogen-bond acceptors (Lipinski definition) is 4. The maximum atomic E-state index is 13.0. The lowest BCUT2D eigenvalue weighted by Crippen LogP contribution is -2.48. The minimum atomic E-state index is -0.219. The van der Waals surface area contributed by atoms with Gasteiger partial charge in [0.1, 0.15) is 0 Å². The van der Waals surface area contributed by atoms with Gasteiger partial charge in [0.05, 0.1) is 11.8 Å². The van der Waals surface area contributed by atoms with Crippen LogP contribution in [0.3, 0.4) is 0 Å². The Morgan fingerprint density at radius 2 is 1.79 bits per heavy atom. The van der Waals surface area contributed by atoms with E-state index in [1.165, 1.54) is 0 Å². The molecule has 2 N–H and O–H groups in total. The Labute approximate surface area is 166 Å². The predicted molar refractivity (Wildman–Crippen MR) is 110 cm³/mol. The van der Waals surface area contributed by atoms with Crippen molar-refractivity contribution < 1.29 is 9.59 Å². The molecule has 1 aliphatic heterocycles. The molecule has 0 unspecified atom stereocenters. The SMILES string of the molecule is CCN(Cc1ccncc1)C(=O)[C@H]1CNC[C@@H](C(=O)Nc2ccc(C)cc2)C1. The van der Waals surface area contributed by atoms with E-state index in [-0.39, 0.29) is 23.7 Å². The van der Waals surface area contributed by atoms with Gasteiger partial charge in [-0.05, 0) is 50.1 Å². The molecule has 6 heteroatoms. The van der Waals surface area contributed by atoms with Crippen molar-refractivity contribution in [2.24, 2.45) is 11.8 Å². The van der Waals surface area contributed by atoms with Crippen molar-refractivity contribution in [3.8, 4) is 0 Å². The molecule has 0 radical (unpaired) electrons. The van der Waals surface area contributed by atoms with E-state index in [9.17, 15) is 9.59 Å². The number of benzene rings is 1. The number of anilines is 1. The Morgan fingerprint density at radius 1 is 1.11 bits per heavy atom. The fraction of sp³-hybridized carbons (Fsp3) is 0.409. The van der Waals surface area contributed by atoms with Crippen molar-refractivity contribution in [3.05, 3.63) is 59.9 Å². The van der Waals surface area contributed by atoms with E-state index in [1.54, 1.807) is 12.4 Å². The smallest absolute Gasteiger partial charge is 0.228 e. The molecule has 0 saturated carbocycles. The quantitative estimate of drug-likeness (QED) is 0.808. The molecule has 0 spiro atoms. The maximum Gasteiger partial charge on any atom is 0.228 e. The molecule has 1 fully saturated rings. The summed E-state index contributed by atoms with van der Waals surface area (Å²) in [6.45, 7) is 6.40. The largest absolute Gasteiger partial charge is 0.338 e. The standard InChI is InChI=1S/C22H28N4O2/c1-3-26(15-17-8-10-23-11-9-17)22(28)19-12-18(13-24-14-19)21(27)25-20-6-4-16(2)5-7-20/h4-11,18-19,24H,3,12-15H2,1-2H3,(H,25,27)/t18-,19+/m0/s1. The van der Waals surface area contributed by atoms with Crippen LogP contribution in [-0.2, 0) is 16.1 Å². The fourth-order valence-corrected chi connectivity index (χ4v) is 3.52. The van der Waals surface area contributed by atoms with E-state index in [1.807, 2.05) is 55.1 Å². The number of aryl methyl sites for hydroxylation is 1. The van der Waals surface area contributed by atoms with Gasteiger partial charge in [-0.2, -0.15) is 0 Å². The number of aromatic nitrogens is 1. The average molecular weight is 380 g/mol. The van der Waals surface area contributed by atoms with Gasteiger partial charge in [0.15, 0.2) is 0 Å². The van der Waals surface area contributed by atoms with E-state index < -0.39 is 0 Å². The van der Waals surface area contributed by atoms with Crippen LogP contribution in [0.2, 0.25) is 0 Å². The van der Waals surface area contributed by atoms with Crippen LogP contribution in [0.1, 0.15) is 24.5 Å². The van der Waals surface area contributed by atoms with Crippen molar-refractivity contribution in [2.45, 2.75) is 26.8 Å². The summed E-state index contributed by atoms with van der Waals surface area (Å²) in [6.07, 6.45) is 4.04. The number of hydrogen-bond donors (Lipinski definition) is 2. The number of amides is 2. The first-order valence-corrected chi connectivity index (χ1v) is 9.82. The minimum absolute atomic E-state index is 0.0361. The van der Waals surface area contributed by atoms with E-state index in [0.29, 0.717) is 32.6 Å². The highest BCUT2D eigenvalue weighted by molar-refractivity contribution is 5.93. The molecule has 2 atom stereocenters. The summed E-state index contributed by atoms with van der Waals surface area (Å²) >= 11 is 0. The van der Waals surface area contributed by atoms with Gasteiger partial charge in [-0.15, -0.1) is 0 Å². The van der Waals surface area contributed by atoms with Gasteiger partial charge < -0.3 is 15.5 Å². The van der Waals surface area contributed by atoms with E-state index >= 15 is 0 Å². The first-order valence-electron chi connectivity index (χ1n) is 9.82. The van der Waals surface area contributed by atoms with Gasteiger partial charge in [0, 0.05) is 44.3 Å². The third-order valence-electron chi connectivity index (χ3n) is 5.21. The van der Waals surface area contributed by atoms with E-state index in [0.717, 1.165) is 16.8 Å². The third kappa shape index (κ3) is 5.16. The molecular weight excluding hydrogens is 352 g/mol. The molecule has 2 aromatic rings. The number of nitrogens with zero attached hydrogens (tertiary/aromatic N) is 2. The second kappa shape index (κ2) is 9.46. The number of carbonyl (C=O) groups is 2. The molecule has 6 nitrogen and oxygen atoms in total. The average Bonchev–Trinajstić information content (AvgIpc) is 2.74. The number of pyridine rings is 1. The van der Waals surface area contributed by atoms with Crippen LogP contribution >= 0.6 is 0 Å². The highest BCUT2D eigenvalue weighted by atomic mass is 16.2. The van der Waals surface area contributed by atoms with E-state index in [2.05, 4.69) is 15.6 Å². The molecule has 2 amide bonds. The lowest BCUT2D eigenvalue weighted by molar-refractivity contribution is -0.137. The topological polar surface area (TPSA) is 74.3 Å². The predicted octanol–water partition coefficient (Wildman–Crippen LogP) is 2.60. The molecule has 28 heavy (non-hydrogen) atoms. The number of carbonyl (C=O) groups excluding carboxylic acids is 2. The molecule has 2 heterocycles. The molecule has 0 bridgehead atoms. The van der Waals surface area contributed by atoms with Crippen molar-refractivity contribution in [1.29, 1.82) is 0 Å². The maximum absolute atomic E-state index is 13.0. The fourth-order valence-electron chi connectivity index (χ4n) is 3.52.